The molecular weight excluding hydrogens is 588 g/mol. The average Bonchev–Trinajstić information content (AvgIpc) is 2.96. The molecule has 4 rings (SSSR count). The van der Waals surface area contributed by atoms with Gasteiger partial charge < -0.3 is 26.8 Å². The molecule has 45 heavy (non-hydrogen) atoms. The number of benzene rings is 2. The van der Waals surface area contributed by atoms with Gasteiger partial charge in [-0.3, -0.25) is 24.0 Å². The highest BCUT2D eigenvalue weighted by Crippen LogP contribution is 2.34. The summed E-state index contributed by atoms with van der Waals surface area (Å²) in [6, 6.07) is 9.73. The Kier molecular flexibility index (Phi) is 8.52. The van der Waals surface area contributed by atoms with Crippen LogP contribution in [0.1, 0.15) is 49.1 Å². The second-order valence-corrected chi connectivity index (χ2v) is 10.1. The molecule has 1 saturated heterocycles. The minimum atomic E-state index is -1.45. The van der Waals surface area contributed by atoms with E-state index in [0.717, 1.165) is 9.47 Å². The second-order valence-electron chi connectivity index (χ2n) is 10.1. The van der Waals surface area contributed by atoms with E-state index in [1.54, 1.807) is 0 Å². The van der Waals surface area contributed by atoms with Gasteiger partial charge in [-0.05, 0) is 67.1 Å². The Hall–Kier alpha value is -6.31. The zero-order valence-corrected chi connectivity index (χ0v) is 23.8. The lowest BCUT2D eigenvalue weighted by atomic mass is 9.81. The summed E-state index contributed by atoms with van der Waals surface area (Å²) < 4.78 is 0.768. The summed E-state index contributed by atoms with van der Waals surface area (Å²) in [5, 5.41) is 29.5. The third kappa shape index (κ3) is 5.71. The fourth-order valence-corrected chi connectivity index (χ4v) is 5.07. The van der Waals surface area contributed by atoms with Crippen LogP contribution in [0.2, 0.25) is 0 Å². The van der Waals surface area contributed by atoms with Gasteiger partial charge in [0.05, 0.1) is 22.5 Å². The molecule has 2 atom stereocenters. The molecule has 1 aromatic heterocycles. The van der Waals surface area contributed by atoms with Crippen LogP contribution in [-0.4, -0.2) is 55.5 Å². The van der Waals surface area contributed by atoms with Crippen LogP contribution in [0.15, 0.2) is 71.1 Å². The van der Waals surface area contributed by atoms with Crippen LogP contribution in [0.5, 0.6) is 5.88 Å². The van der Waals surface area contributed by atoms with Crippen molar-refractivity contribution in [3.8, 4) is 11.6 Å². The first-order valence-electron chi connectivity index (χ1n) is 13.2. The lowest BCUT2D eigenvalue weighted by Gasteiger charge is -2.35. The molecule has 2 aromatic carbocycles. The highest BCUT2D eigenvalue weighted by molar-refractivity contribution is 6.27. The predicted octanol–water partition coefficient (Wildman–Crippen LogP) is 1.60. The minimum absolute atomic E-state index is 0.00334. The number of aromatic hydroxyl groups is 1. The molecular formula is C31H26N4O10. The minimum Gasteiger partial charge on any atom is -0.494 e. The van der Waals surface area contributed by atoms with Crippen LogP contribution >= 0.6 is 0 Å². The number of carbonyl (C=O) groups excluding carboxylic acids is 4. The summed E-state index contributed by atoms with van der Waals surface area (Å²) in [6.45, 7) is 2.81. The summed E-state index contributed by atoms with van der Waals surface area (Å²) in [4.78, 5) is 87.7. The Morgan fingerprint density at radius 3 is 1.82 bits per heavy atom. The van der Waals surface area contributed by atoms with Gasteiger partial charge in [0.25, 0.3) is 17.4 Å². The highest BCUT2D eigenvalue weighted by atomic mass is 16.4. The summed E-state index contributed by atoms with van der Waals surface area (Å²) >= 11 is 0. The van der Waals surface area contributed by atoms with Crippen LogP contribution < -0.4 is 21.9 Å². The Morgan fingerprint density at radius 2 is 1.36 bits per heavy atom. The van der Waals surface area contributed by atoms with E-state index in [1.165, 1.54) is 80.6 Å². The van der Waals surface area contributed by atoms with Crippen molar-refractivity contribution in [2.24, 2.45) is 23.3 Å². The molecule has 7 N–H and O–H groups in total. The summed E-state index contributed by atoms with van der Waals surface area (Å²) in [6.07, 6.45) is 3.83. The molecule has 4 amide bonds. The number of primary amides is 2. The van der Waals surface area contributed by atoms with Crippen molar-refractivity contribution in [2.75, 3.05) is 4.90 Å². The van der Waals surface area contributed by atoms with Crippen LogP contribution in [0.3, 0.4) is 0 Å². The van der Waals surface area contributed by atoms with Gasteiger partial charge in [-0.2, -0.15) is 0 Å². The second kappa shape index (κ2) is 12.1. The number of nitrogens with two attached hydrogens (primary N) is 2. The number of piperidine rings is 1. The monoisotopic (exact) mass is 614 g/mol. The lowest BCUT2D eigenvalue weighted by molar-refractivity contribution is -0.137. The number of aromatic nitrogens is 1. The van der Waals surface area contributed by atoms with Gasteiger partial charge in [0.15, 0.2) is 0 Å². The Bertz CT molecular complexity index is 1900. The van der Waals surface area contributed by atoms with Crippen LogP contribution in [0, 0.1) is 18.8 Å². The molecule has 14 nitrogen and oxygen atoms in total. The number of carboxylic acids is 2. The van der Waals surface area contributed by atoms with Crippen LogP contribution in [-0.2, 0) is 14.4 Å². The van der Waals surface area contributed by atoms with Crippen molar-refractivity contribution in [3.05, 3.63) is 104 Å². The number of allylic oxidation sites excluding steroid dienone is 2. The predicted molar refractivity (Wildman–Crippen MR) is 159 cm³/mol. The van der Waals surface area contributed by atoms with Crippen LogP contribution in [0.25, 0.3) is 11.8 Å². The maximum atomic E-state index is 13.5. The molecule has 2 unspecified atom stereocenters. The van der Waals surface area contributed by atoms with E-state index < -0.39 is 64.4 Å². The van der Waals surface area contributed by atoms with Gasteiger partial charge in [0.2, 0.25) is 17.7 Å². The van der Waals surface area contributed by atoms with Crippen molar-refractivity contribution in [3.63, 3.8) is 0 Å². The van der Waals surface area contributed by atoms with Gasteiger partial charge in [0, 0.05) is 17.1 Å². The number of imide groups is 1. The SMILES string of the molecule is Cc1c(C=C/C=C2\C(=O)N(c3ccc(C(=O)O)cc3)C(=O)C(C(N)=O)C2C)c(O)n(-c2ccc(C(=O)O)cc2)c(=O)c1C(N)=O. The quantitative estimate of drug-likeness (QED) is 0.139. The molecule has 230 valence electrons. The molecule has 0 spiro atoms. The number of hydrogen-bond acceptors (Lipinski definition) is 8. The molecule has 3 aromatic rings. The molecule has 1 aliphatic heterocycles. The summed E-state index contributed by atoms with van der Waals surface area (Å²) in [5.41, 5.74) is 9.33. The van der Waals surface area contributed by atoms with Gasteiger partial charge in [-0.25, -0.2) is 19.1 Å². The van der Waals surface area contributed by atoms with Crippen molar-refractivity contribution in [2.45, 2.75) is 13.8 Å². The third-order valence-electron chi connectivity index (χ3n) is 7.41. The van der Waals surface area contributed by atoms with Crippen molar-refractivity contribution in [1.82, 2.24) is 4.57 Å². The first-order chi connectivity index (χ1) is 21.2. The standard InChI is InChI=1S/C31H26N4O10/c1-14-20(26(38)34(28(40)22(14)24(32)36)18-10-6-16(7-11-18)30(42)43)4-3-5-21-15(2)23(25(33)37)29(41)35(27(21)39)19-12-8-17(9-13-19)31(44)45/h3-14,22,39H,1-2H3,(H2,32,36)(H2,33,37)(H,42,43)(H,44,45)/b5-3?,20-4-. The zero-order valence-electron chi connectivity index (χ0n) is 23.8. The largest absolute Gasteiger partial charge is 0.494 e. The van der Waals surface area contributed by atoms with E-state index in [0.29, 0.717) is 0 Å². The number of carbonyl (C=O) groups is 6. The molecule has 0 radical (unpaired) electrons. The number of rotatable bonds is 8. The number of anilines is 1. The fraction of sp³-hybridized carbons (Fsp3) is 0.129. The van der Waals surface area contributed by atoms with Gasteiger partial charge in [-0.15, -0.1) is 0 Å². The van der Waals surface area contributed by atoms with Crippen molar-refractivity contribution < 1.29 is 44.1 Å². The maximum absolute atomic E-state index is 13.5. The first-order valence-corrected chi connectivity index (χ1v) is 13.2. The van der Waals surface area contributed by atoms with Gasteiger partial charge in [0.1, 0.15) is 11.5 Å². The highest BCUT2D eigenvalue weighted by Gasteiger charge is 2.46. The average molecular weight is 615 g/mol. The van der Waals surface area contributed by atoms with Crippen LogP contribution in [0.4, 0.5) is 5.69 Å². The normalized spacial score (nSPS) is 17.6. The Balaban J connectivity index is 1.84. The molecule has 2 heterocycles. The molecule has 1 fully saturated rings. The van der Waals surface area contributed by atoms with Crippen molar-refractivity contribution >= 4 is 47.3 Å². The van der Waals surface area contributed by atoms with E-state index in [1.807, 2.05) is 0 Å². The number of carboxylic acid groups (broad SMARTS) is 2. The number of aromatic carboxylic acids is 2. The van der Waals surface area contributed by atoms with E-state index in [4.69, 9.17) is 11.5 Å². The first kappa shape index (κ1) is 31.6. The zero-order chi connectivity index (χ0) is 33.3. The molecule has 14 heteroatoms. The Labute approximate surface area is 254 Å². The molecule has 0 saturated carbocycles. The number of pyridine rings is 1. The van der Waals surface area contributed by atoms with Gasteiger partial charge in [-0.1, -0.05) is 19.1 Å². The van der Waals surface area contributed by atoms with E-state index in [9.17, 15) is 48.9 Å². The summed E-state index contributed by atoms with van der Waals surface area (Å²) in [7, 11) is 0. The van der Waals surface area contributed by atoms with E-state index >= 15 is 0 Å². The van der Waals surface area contributed by atoms with E-state index in [2.05, 4.69) is 0 Å². The number of nitrogens with zero attached hydrogens (tertiary/aromatic N) is 2. The fourth-order valence-electron chi connectivity index (χ4n) is 5.07. The lowest BCUT2D eigenvalue weighted by Crippen LogP contribution is -2.54. The number of hydrogen-bond donors (Lipinski definition) is 5. The van der Waals surface area contributed by atoms with E-state index in [-0.39, 0.29) is 39.2 Å². The van der Waals surface area contributed by atoms with Crippen molar-refractivity contribution in [1.29, 1.82) is 0 Å². The smallest absolute Gasteiger partial charge is 0.335 e. The number of amides is 4. The maximum Gasteiger partial charge on any atom is 0.335 e. The third-order valence-corrected chi connectivity index (χ3v) is 7.41. The topological polar surface area (TPSA) is 240 Å². The summed E-state index contributed by atoms with van der Waals surface area (Å²) in [5.74, 6) is -9.33. The molecule has 0 bridgehead atoms. The van der Waals surface area contributed by atoms with Gasteiger partial charge >= 0.3 is 11.9 Å². The Morgan fingerprint density at radius 1 is 0.844 bits per heavy atom. The molecule has 0 aliphatic carbocycles. The molecule has 1 aliphatic rings.